The first-order chi connectivity index (χ1) is 15.5. The van der Waals surface area contributed by atoms with E-state index in [-0.39, 0.29) is 47.8 Å². The molecule has 1 saturated heterocycles. The van der Waals surface area contributed by atoms with Crippen molar-refractivity contribution in [1.29, 1.82) is 0 Å². The van der Waals surface area contributed by atoms with Crippen LogP contribution < -0.4 is 10.1 Å². The van der Waals surface area contributed by atoms with E-state index in [0.717, 1.165) is 16.5 Å². The topological polar surface area (TPSA) is 75.7 Å². The SMILES string of the molecule is COc1ccccc1NC(=O)CC(c1cccc(Br)c1)N1C(=O)C2C3C=CC(C3)C2C1=O. The molecular weight excluding hydrogens is 472 g/mol. The second-order valence-electron chi connectivity index (χ2n) is 8.57. The van der Waals surface area contributed by atoms with Crippen LogP contribution in [-0.4, -0.2) is 29.7 Å². The number of halogens is 1. The van der Waals surface area contributed by atoms with Crippen molar-refractivity contribution < 1.29 is 19.1 Å². The highest BCUT2D eigenvalue weighted by Crippen LogP contribution is 2.54. The number of nitrogens with one attached hydrogen (secondary N) is 1. The lowest BCUT2D eigenvalue weighted by Gasteiger charge is -2.28. The zero-order chi connectivity index (χ0) is 22.4. The maximum atomic E-state index is 13.4. The number of ether oxygens (including phenoxy) is 1. The maximum absolute atomic E-state index is 13.4. The second kappa shape index (κ2) is 8.20. The number of carbonyl (C=O) groups is 3. The third-order valence-corrected chi connectivity index (χ3v) is 7.30. The van der Waals surface area contributed by atoms with Gasteiger partial charge in [0.05, 0.1) is 37.1 Å². The summed E-state index contributed by atoms with van der Waals surface area (Å²) >= 11 is 3.47. The molecule has 6 nitrogen and oxygen atoms in total. The zero-order valence-corrected chi connectivity index (χ0v) is 19.1. The van der Waals surface area contributed by atoms with E-state index >= 15 is 0 Å². The number of hydrogen-bond acceptors (Lipinski definition) is 4. The number of carbonyl (C=O) groups excluding carboxylic acids is 3. The van der Waals surface area contributed by atoms with E-state index in [0.29, 0.717) is 11.4 Å². The Kier molecular flexibility index (Phi) is 5.37. The number of hydrogen-bond donors (Lipinski definition) is 1. The summed E-state index contributed by atoms with van der Waals surface area (Å²) in [5.74, 6) is -0.426. The van der Waals surface area contributed by atoms with Crippen LogP contribution in [0.5, 0.6) is 5.75 Å². The molecule has 2 aliphatic carbocycles. The van der Waals surface area contributed by atoms with Crippen LogP contribution in [0.25, 0.3) is 0 Å². The molecule has 164 valence electrons. The van der Waals surface area contributed by atoms with Crippen molar-refractivity contribution >= 4 is 39.3 Å². The van der Waals surface area contributed by atoms with Gasteiger partial charge in [-0.3, -0.25) is 19.3 Å². The highest BCUT2D eigenvalue weighted by atomic mass is 79.9. The first-order valence-electron chi connectivity index (χ1n) is 10.7. The molecule has 2 fully saturated rings. The minimum atomic E-state index is -0.674. The molecule has 5 rings (SSSR count). The van der Waals surface area contributed by atoms with E-state index in [9.17, 15) is 14.4 Å². The average molecular weight is 495 g/mol. The fourth-order valence-electron chi connectivity index (χ4n) is 5.43. The normalized spacial score (nSPS) is 26.4. The van der Waals surface area contributed by atoms with Crippen LogP contribution in [0.15, 0.2) is 65.2 Å². The molecule has 32 heavy (non-hydrogen) atoms. The van der Waals surface area contributed by atoms with Crippen LogP contribution in [0.1, 0.15) is 24.4 Å². The predicted molar refractivity (Wildman–Crippen MR) is 123 cm³/mol. The predicted octanol–water partition coefficient (Wildman–Crippen LogP) is 4.33. The van der Waals surface area contributed by atoms with Crippen LogP contribution in [0, 0.1) is 23.7 Å². The number of imide groups is 1. The number of para-hydroxylation sites is 2. The Morgan fingerprint density at radius 1 is 1.09 bits per heavy atom. The number of allylic oxidation sites excluding steroid dienone is 2. The van der Waals surface area contributed by atoms with Crippen molar-refractivity contribution in [2.75, 3.05) is 12.4 Å². The summed E-state index contributed by atoms with van der Waals surface area (Å²) in [5.41, 5.74) is 1.29. The lowest BCUT2D eigenvalue weighted by Crippen LogP contribution is -2.38. The van der Waals surface area contributed by atoms with Crippen LogP contribution in [-0.2, 0) is 14.4 Å². The van der Waals surface area contributed by atoms with E-state index in [1.807, 2.05) is 30.3 Å². The fraction of sp³-hybridized carbons (Fsp3) is 0.320. The van der Waals surface area contributed by atoms with Crippen molar-refractivity contribution in [3.05, 3.63) is 70.7 Å². The summed E-state index contributed by atoms with van der Waals surface area (Å²) in [7, 11) is 1.54. The molecule has 2 bridgehead atoms. The molecule has 1 heterocycles. The number of nitrogens with zero attached hydrogens (tertiary/aromatic N) is 1. The number of rotatable bonds is 6. The summed E-state index contributed by atoms with van der Waals surface area (Å²) in [6, 6.07) is 13.9. The standard InChI is InChI=1S/C25H23BrN2O4/c1-32-20-8-3-2-7-18(20)27-21(29)13-19(14-5-4-6-17(26)12-14)28-24(30)22-15-9-10-16(11-15)23(22)25(28)31/h2-10,12,15-16,19,22-23H,11,13H2,1H3,(H,27,29). The van der Waals surface area contributed by atoms with Crippen LogP contribution in [0.4, 0.5) is 5.69 Å². The van der Waals surface area contributed by atoms with E-state index in [2.05, 4.69) is 33.4 Å². The minimum absolute atomic E-state index is 0.0335. The Morgan fingerprint density at radius 3 is 2.44 bits per heavy atom. The van der Waals surface area contributed by atoms with E-state index < -0.39 is 6.04 Å². The van der Waals surface area contributed by atoms with Crippen LogP contribution in [0.3, 0.4) is 0 Å². The number of amides is 3. The Balaban J connectivity index is 1.45. The molecule has 3 aliphatic rings. The first-order valence-corrected chi connectivity index (χ1v) is 11.5. The Hall–Kier alpha value is -2.93. The second-order valence-corrected chi connectivity index (χ2v) is 9.49. The highest BCUT2D eigenvalue weighted by molar-refractivity contribution is 9.10. The number of fused-ring (bicyclic) bond motifs is 5. The largest absolute Gasteiger partial charge is 0.495 e. The molecule has 0 radical (unpaired) electrons. The summed E-state index contributed by atoms with van der Waals surface area (Å²) in [6.45, 7) is 0. The zero-order valence-electron chi connectivity index (χ0n) is 17.5. The molecule has 7 heteroatoms. The Morgan fingerprint density at radius 2 is 1.78 bits per heavy atom. The van der Waals surface area contributed by atoms with Gasteiger partial charge in [-0.05, 0) is 48.1 Å². The molecule has 0 aromatic heterocycles. The summed E-state index contributed by atoms with van der Waals surface area (Å²) in [4.78, 5) is 41.3. The summed E-state index contributed by atoms with van der Waals surface area (Å²) < 4.78 is 6.14. The van der Waals surface area contributed by atoms with Gasteiger partial charge in [0.1, 0.15) is 5.75 Å². The van der Waals surface area contributed by atoms with E-state index in [1.54, 1.807) is 18.2 Å². The molecule has 1 N–H and O–H groups in total. The van der Waals surface area contributed by atoms with Gasteiger partial charge in [0.25, 0.3) is 0 Å². The van der Waals surface area contributed by atoms with Gasteiger partial charge in [-0.25, -0.2) is 0 Å². The number of anilines is 1. The van der Waals surface area contributed by atoms with Gasteiger partial charge in [-0.15, -0.1) is 0 Å². The van der Waals surface area contributed by atoms with Gasteiger partial charge in [0.2, 0.25) is 17.7 Å². The van der Waals surface area contributed by atoms with Crippen LogP contribution >= 0.6 is 15.9 Å². The minimum Gasteiger partial charge on any atom is -0.495 e. The van der Waals surface area contributed by atoms with Gasteiger partial charge in [-0.2, -0.15) is 0 Å². The van der Waals surface area contributed by atoms with Crippen molar-refractivity contribution in [1.82, 2.24) is 4.90 Å². The number of methoxy groups -OCH3 is 1. The Bertz CT molecular complexity index is 1100. The number of likely N-dealkylation sites (tertiary alicyclic amines) is 1. The van der Waals surface area contributed by atoms with Gasteiger partial charge in [0, 0.05) is 4.47 Å². The average Bonchev–Trinajstić information content (AvgIpc) is 3.46. The number of benzene rings is 2. The molecule has 3 amide bonds. The summed E-state index contributed by atoms with van der Waals surface area (Å²) in [6.07, 6.45) is 4.98. The molecule has 2 aromatic carbocycles. The molecule has 5 unspecified atom stereocenters. The molecule has 5 atom stereocenters. The first kappa shape index (κ1) is 20.9. The van der Waals surface area contributed by atoms with Crippen molar-refractivity contribution in [3.63, 3.8) is 0 Å². The lowest BCUT2D eigenvalue weighted by molar-refractivity contribution is -0.144. The quantitative estimate of drug-likeness (QED) is 0.478. The Labute approximate surface area is 194 Å². The monoisotopic (exact) mass is 494 g/mol. The third kappa shape index (κ3) is 3.45. The molecule has 0 spiro atoms. The molecule has 1 saturated carbocycles. The summed E-state index contributed by atoms with van der Waals surface area (Å²) in [5, 5.41) is 2.87. The highest BCUT2D eigenvalue weighted by Gasteiger charge is 2.60. The van der Waals surface area contributed by atoms with Crippen molar-refractivity contribution in [3.8, 4) is 5.75 Å². The molecule has 1 aliphatic heterocycles. The third-order valence-electron chi connectivity index (χ3n) is 6.81. The van der Waals surface area contributed by atoms with Gasteiger partial charge >= 0.3 is 0 Å². The molecule has 2 aromatic rings. The van der Waals surface area contributed by atoms with Gasteiger partial charge in [0.15, 0.2) is 0 Å². The molecular formula is C25H23BrN2O4. The van der Waals surface area contributed by atoms with Crippen molar-refractivity contribution in [2.24, 2.45) is 23.7 Å². The lowest BCUT2D eigenvalue weighted by atomic mass is 9.85. The van der Waals surface area contributed by atoms with Crippen LogP contribution in [0.2, 0.25) is 0 Å². The smallest absolute Gasteiger partial charge is 0.234 e. The maximum Gasteiger partial charge on any atom is 0.234 e. The van der Waals surface area contributed by atoms with E-state index in [1.165, 1.54) is 12.0 Å². The van der Waals surface area contributed by atoms with Gasteiger partial charge in [-0.1, -0.05) is 52.3 Å². The van der Waals surface area contributed by atoms with Crippen molar-refractivity contribution in [2.45, 2.75) is 18.9 Å². The fourth-order valence-corrected chi connectivity index (χ4v) is 5.85. The van der Waals surface area contributed by atoms with Gasteiger partial charge < -0.3 is 10.1 Å². The van der Waals surface area contributed by atoms with E-state index in [4.69, 9.17) is 4.74 Å².